The van der Waals surface area contributed by atoms with Crippen LogP contribution in [0.15, 0.2) is 47.4 Å². The molecule has 2 unspecified atom stereocenters. The number of sulfonamides is 1. The van der Waals surface area contributed by atoms with Gasteiger partial charge >= 0.3 is 0 Å². The first-order valence-electron chi connectivity index (χ1n) is 7.18. The number of hydrogen-bond donors (Lipinski definition) is 1. The molecule has 0 aromatic heterocycles. The molecule has 0 aliphatic heterocycles. The van der Waals surface area contributed by atoms with Crippen molar-refractivity contribution in [3.8, 4) is 0 Å². The Hall–Kier alpha value is -1.10. The molecule has 3 rings (SSSR count). The van der Waals surface area contributed by atoms with E-state index in [1.165, 1.54) is 0 Å². The Balaban J connectivity index is 1.97. The van der Waals surface area contributed by atoms with E-state index in [0.717, 1.165) is 30.0 Å². The quantitative estimate of drug-likeness (QED) is 0.875. The molecule has 1 fully saturated rings. The fourth-order valence-corrected chi connectivity index (χ4v) is 5.01. The average molecular weight is 324 g/mol. The van der Waals surface area contributed by atoms with Crippen LogP contribution in [0.2, 0.25) is 0 Å². The van der Waals surface area contributed by atoms with Gasteiger partial charge in [-0.2, -0.15) is 0 Å². The molecule has 0 heterocycles. The average Bonchev–Trinajstić information content (AvgIpc) is 2.93. The molecule has 5 heteroatoms. The molecule has 2 atom stereocenters. The van der Waals surface area contributed by atoms with Crippen molar-refractivity contribution in [2.24, 2.45) is 5.92 Å². The van der Waals surface area contributed by atoms with Crippen molar-refractivity contribution in [3.05, 3.63) is 42.5 Å². The van der Waals surface area contributed by atoms with E-state index in [-0.39, 0.29) is 12.0 Å². The monoisotopic (exact) mass is 323 g/mol. The second-order valence-corrected chi connectivity index (χ2v) is 7.54. The molecule has 112 valence electrons. The highest BCUT2D eigenvalue weighted by molar-refractivity contribution is 7.89. The first-order chi connectivity index (χ1) is 10.1. The van der Waals surface area contributed by atoms with Crippen LogP contribution in [0.4, 0.5) is 0 Å². The number of rotatable bonds is 4. The molecule has 1 aliphatic carbocycles. The Kier molecular flexibility index (Phi) is 4.20. The highest BCUT2D eigenvalue weighted by Crippen LogP contribution is 2.29. The summed E-state index contributed by atoms with van der Waals surface area (Å²) in [5, 5.41) is 1.69. The van der Waals surface area contributed by atoms with Gasteiger partial charge in [0, 0.05) is 17.3 Å². The van der Waals surface area contributed by atoms with Gasteiger partial charge in [0.2, 0.25) is 10.0 Å². The van der Waals surface area contributed by atoms with Gasteiger partial charge < -0.3 is 0 Å². The second-order valence-electron chi connectivity index (χ2n) is 5.55. The maximum Gasteiger partial charge on any atom is 0.241 e. The van der Waals surface area contributed by atoms with Crippen LogP contribution in [0.3, 0.4) is 0 Å². The van der Waals surface area contributed by atoms with E-state index in [0.29, 0.717) is 10.8 Å². The van der Waals surface area contributed by atoms with Gasteiger partial charge in [0.1, 0.15) is 0 Å². The van der Waals surface area contributed by atoms with Gasteiger partial charge in [0.25, 0.3) is 0 Å². The zero-order chi connectivity index (χ0) is 14.9. The summed E-state index contributed by atoms with van der Waals surface area (Å²) in [5.74, 6) is 0.735. The van der Waals surface area contributed by atoms with E-state index in [1.54, 1.807) is 12.1 Å². The van der Waals surface area contributed by atoms with Crippen molar-refractivity contribution in [2.75, 3.05) is 5.88 Å². The van der Waals surface area contributed by atoms with Crippen molar-refractivity contribution < 1.29 is 8.42 Å². The molecule has 21 heavy (non-hydrogen) atoms. The number of halogens is 1. The molecule has 0 spiro atoms. The van der Waals surface area contributed by atoms with Crippen LogP contribution in [-0.2, 0) is 10.0 Å². The zero-order valence-electron chi connectivity index (χ0n) is 11.6. The highest BCUT2D eigenvalue weighted by atomic mass is 35.5. The van der Waals surface area contributed by atoms with Crippen molar-refractivity contribution in [2.45, 2.75) is 30.2 Å². The predicted molar refractivity (Wildman–Crippen MR) is 86.1 cm³/mol. The molecule has 0 radical (unpaired) electrons. The molecule has 2 aromatic carbocycles. The van der Waals surface area contributed by atoms with Gasteiger partial charge in [-0.15, -0.1) is 11.6 Å². The Labute approximate surface area is 130 Å². The Morgan fingerprint density at radius 3 is 2.67 bits per heavy atom. The topological polar surface area (TPSA) is 46.2 Å². The van der Waals surface area contributed by atoms with Gasteiger partial charge in [0.15, 0.2) is 0 Å². The highest BCUT2D eigenvalue weighted by Gasteiger charge is 2.31. The summed E-state index contributed by atoms with van der Waals surface area (Å²) in [6.45, 7) is 0. The van der Waals surface area contributed by atoms with Crippen LogP contribution < -0.4 is 4.72 Å². The minimum absolute atomic E-state index is 0.0496. The van der Waals surface area contributed by atoms with Crippen LogP contribution in [0.1, 0.15) is 19.3 Å². The normalized spacial score (nSPS) is 22.7. The van der Waals surface area contributed by atoms with Gasteiger partial charge in [-0.25, -0.2) is 13.1 Å². The first-order valence-corrected chi connectivity index (χ1v) is 9.19. The third kappa shape index (κ3) is 2.93. The second kappa shape index (κ2) is 5.95. The SMILES string of the molecule is O=S(=O)(NC1CCCC1CCl)c1cccc2ccccc12. The Morgan fingerprint density at radius 1 is 1.10 bits per heavy atom. The molecule has 0 saturated heterocycles. The zero-order valence-corrected chi connectivity index (χ0v) is 13.2. The molecule has 2 aromatic rings. The lowest BCUT2D eigenvalue weighted by Gasteiger charge is -2.19. The summed E-state index contributed by atoms with van der Waals surface area (Å²) >= 11 is 5.94. The predicted octanol–water partition coefficient (Wildman–Crippen LogP) is 3.53. The summed E-state index contributed by atoms with van der Waals surface area (Å²) < 4.78 is 28.3. The van der Waals surface area contributed by atoms with Crippen LogP contribution in [0.25, 0.3) is 10.8 Å². The van der Waals surface area contributed by atoms with E-state index < -0.39 is 10.0 Å². The van der Waals surface area contributed by atoms with Crippen molar-refractivity contribution in [1.82, 2.24) is 4.72 Å². The molecule has 1 aliphatic rings. The summed E-state index contributed by atoms with van der Waals surface area (Å²) in [4.78, 5) is 0.348. The molecule has 1 N–H and O–H groups in total. The summed E-state index contributed by atoms with van der Waals surface area (Å²) in [7, 11) is -3.52. The molecule has 1 saturated carbocycles. The maximum atomic E-state index is 12.7. The molecule has 3 nitrogen and oxygen atoms in total. The van der Waals surface area contributed by atoms with Crippen LogP contribution >= 0.6 is 11.6 Å². The van der Waals surface area contributed by atoms with Crippen molar-refractivity contribution in [3.63, 3.8) is 0 Å². The first kappa shape index (κ1) is 14.8. The number of nitrogens with one attached hydrogen (secondary N) is 1. The van der Waals surface area contributed by atoms with Gasteiger partial charge in [-0.3, -0.25) is 0 Å². The lowest BCUT2D eigenvalue weighted by molar-refractivity contribution is 0.481. The number of fused-ring (bicyclic) bond motifs is 1. The lowest BCUT2D eigenvalue weighted by Crippen LogP contribution is -2.37. The molecular weight excluding hydrogens is 306 g/mol. The fraction of sp³-hybridized carbons (Fsp3) is 0.375. The third-order valence-corrected chi connectivity index (χ3v) is 6.15. The standard InChI is InChI=1S/C16H18ClNO2S/c17-11-13-7-3-9-15(13)18-21(19,20)16-10-4-6-12-5-1-2-8-14(12)16/h1-2,4-6,8,10,13,15,18H,3,7,9,11H2. The number of benzene rings is 2. The summed E-state index contributed by atoms with van der Waals surface area (Å²) in [6.07, 6.45) is 2.88. The largest absolute Gasteiger partial charge is 0.241 e. The van der Waals surface area contributed by atoms with E-state index in [1.807, 2.05) is 30.3 Å². The molecule has 0 bridgehead atoms. The van der Waals surface area contributed by atoms with Crippen LogP contribution in [0, 0.1) is 5.92 Å². The molecule has 0 amide bonds. The van der Waals surface area contributed by atoms with Crippen LogP contribution in [0.5, 0.6) is 0 Å². The fourth-order valence-electron chi connectivity index (χ4n) is 3.07. The Morgan fingerprint density at radius 2 is 1.86 bits per heavy atom. The van der Waals surface area contributed by atoms with E-state index in [9.17, 15) is 8.42 Å². The maximum absolute atomic E-state index is 12.7. The minimum Gasteiger partial charge on any atom is -0.208 e. The summed E-state index contributed by atoms with van der Waals surface area (Å²) in [5.41, 5.74) is 0. The van der Waals surface area contributed by atoms with E-state index >= 15 is 0 Å². The lowest BCUT2D eigenvalue weighted by atomic mass is 10.1. The number of hydrogen-bond acceptors (Lipinski definition) is 2. The molecular formula is C16H18ClNO2S. The van der Waals surface area contributed by atoms with Gasteiger partial charge in [0.05, 0.1) is 4.90 Å². The van der Waals surface area contributed by atoms with Gasteiger partial charge in [-0.1, -0.05) is 42.8 Å². The van der Waals surface area contributed by atoms with Crippen molar-refractivity contribution >= 4 is 32.4 Å². The summed E-state index contributed by atoms with van der Waals surface area (Å²) in [6, 6.07) is 12.9. The smallest absolute Gasteiger partial charge is 0.208 e. The Bertz CT molecular complexity index is 740. The van der Waals surface area contributed by atoms with Gasteiger partial charge in [-0.05, 0) is 30.2 Å². The minimum atomic E-state index is -3.52. The van der Waals surface area contributed by atoms with E-state index in [4.69, 9.17) is 11.6 Å². The number of alkyl halides is 1. The van der Waals surface area contributed by atoms with Crippen molar-refractivity contribution in [1.29, 1.82) is 0 Å². The van der Waals surface area contributed by atoms with E-state index in [2.05, 4.69) is 4.72 Å². The third-order valence-electron chi connectivity index (χ3n) is 4.20. The van der Waals surface area contributed by atoms with Crippen LogP contribution in [-0.4, -0.2) is 20.3 Å².